The van der Waals surface area contributed by atoms with E-state index in [9.17, 15) is 34.5 Å². The molecule has 3 N–H and O–H groups in total. The maximum absolute atomic E-state index is 15.6. The van der Waals surface area contributed by atoms with Crippen LogP contribution in [0.15, 0.2) is 115 Å². The second-order valence-corrected chi connectivity index (χ2v) is 22.1. The van der Waals surface area contributed by atoms with Gasteiger partial charge in [0.1, 0.15) is 47.5 Å². The number of methoxy groups -OCH3 is 1. The third-order valence-electron chi connectivity index (χ3n) is 15.6. The van der Waals surface area contributed by atoms with Crippen LogP contribution in [-0.2, 0) is 47.7 Å². The van der Waals surface area contributed by atoms with Crippen LogP contribution in [0.2, 0.25) is 0 Å². The highest BCUT2D eigenvalue weighted by Crippen LogP contribution is 2.55. The number of carboxylic acid groups (broad SMARTS) is 1. The van der Waals surface area contributed by atoms with Crippen LogP contribution in [0.4, 0.5) is 5.69 Å². The number of phenolic OH excluding ortho intramolecular Hbond substituents is 1. The minimum absolute atomic E-state index is 0.00261. The van der Waals surface area contributed by atoms with Gasteiger partial charge >= 0.3 is 29.8 Å². The number of allylic oxidation sites excluding steroid dienone is 1. The van der Waals surface area contributed by atoms with Crippen molar-refractivity contribution in [1.82, 2.24) is 15.0 Å². The van der Waals surface area contributed by atoms with Crippen molar-refractivity contribution in [2.45, 2.75) is 99.0 Å². The average molecular weight is 1060 g/mol. The number of aliphatic hydroxyl groups excluding tert-OH is 1. The molecule has 0 saturated carbocycles. The van der Waals surface area contributed by atoms with Crippen LogP contribution < -0.4 is 9.64 Å². The summed E-state index contributed by atoms with van der Waals surface area (Å²) < 4.78 is 28.2. The third kappa shape index (κ3) is 12.4. The Morgan fingerprint density at radius 3 is 1.86 bits per heavy atom. The lowest BCUT2D eigenvalue weighted by Gasteiger charge is -2.44. The highest BCUT2D eigenvalue weighted by atomic mass is 16.6. The number of ether oxygens (including phenoxy) is 5. The highest BCUT2D eigenvalue weighted by Gasteiger charge is 2.57. The van der Waals surface area contributed by atoms with Gasteiger partial charge in [-0.3, -0.25) is 33.7 Å². The molecule has 2 aliphatic rings. The van der Waals surface area contributed by atoms with Crippen LogP contribution in [0, 0.1) is 38.9 Å². The molecule has 0 bridgehead atoms. The number of aliphatic hydroxyl groups is 1. The molecule has 1 aromatic heterocycles. The van der Waals surface area contributed by atoms with E-state index in [4.69, 9.17) is 23.7 Å². The summed E-state index contributed by atoms with van der Waals surface area (Å²) in [6.45, 7) is 15.1. The van der Waals surface area contributed by atoms with Crippen molar-refractivity contribution in [2.24, 2.45) is 38.9 Å². The number of aromatic hydroxyl groups is 1. The van der Waals surface area contributed by atoms with Crippen molar-refractivity contribution in [1.29, 1.82) is 0 Å². The molecule has 7 rings (SSSR count). The molecule has 0 radical (unpaired) electrons. The number of carboxylic acids is 1. The molecule has 18 nitrogen and oxygen atoms in total. The van der Waals surface area contributed by atoms with E-state index in [0.29, 0.717) is 34.6 Å². The summed E-state index contributed by atoms with van der Waals surface area (Å²) in [4.78, 5) is 90.3. The predicted octanol–water partition coefficient (Wildman–Crippen LogP) is 8.76. The topological polar surface area (TPSA) is 247 Å². The number of hydrogen-bond acceptors (Lipinski definition) is 15. The van der Waals surface area contributed by atoms with Crippen LogP contribution >= 0.6 is 0 Å². The molecule has 410 valence electrons. The Labute approximate surface area is 448 Å². The van der Waals surface area contributed by atoms with Gasteiger partial charge in [0.2, 0.25) is 5.91 Å². The summed E-state index contributed by atoms with van der Waals surface area (Å²) >= 11 is 0. The van der Waals surface area contributed by atoms with E-state index in [0.717, 1.165) is 7.11 Å². The fourth-order valence-electron chi connectivity index (χ4n) is 11.6. The number of epoxide rings is 1. The molecular formula is C59H70N4O14. The largest absolute Gasteiger partial charge is 0.506 e. The van der Waals surface area contributed by atoms with Gasteiger partial charge in [0, 0.05) is 23.4 Å². The van der Waals surface area contributed by atoms with Gasteiger partial charge in [0.15, 0.2) is 0 Å². The monoisotopic (exact) mass is 1060 g/mol. The van der Waals surface area contributed by atoms with Crippen molar-refractivity contribution in [3.8, 4) is 17.2 Å². The number of rotatable bonds is 25. The van der Waals surface area contributed by atoms with Crippen molar-refractivity contribution in [2.75, 3.05) is 38.4 Å². The van der Waals surface area contributed by atoms with Crippen molar-refractivity contribution < 1.29 is 67.8 Å². The summed E-state index contributed by atoms with van der Waals surface area (Å²) in [5, 5.41) is 41.2. The molecule has 1 amide bonds. The number of benzene rings is 4. The first kappa shape index (κ1) is 57.3. The molecule has 2 saturated heterocycles. The molecule has 0 aliphatic carbocycles. The Morgan fingerprint density at radius 2 is 1.30 bits per heavy atom. The number of carbonyl (C=O) groups is 6. The smallest absolute Gasteiger partial charge is 0.317 e. The van der Waals surface area contributed by atoms with Crippen LogP contribution in [0.3, 0.4) is 0 Å². The zero-order valence-electron chi connectivity index (χ0n) is 45.0. The summed E-state index contributed by atoms with van der Waals surface area (Å²) in [5.41, 5.74) is -5.77. The summed E-state index contributed by atoms with van der Waals surface area (Å²) in [6, 6.07) is 29.4. The number of aliphatic carboxylic acids is 1. The molecule has 5 aromatic rings. The van der Waals surface area contributed by atoms with Gasteiger partial charge in [-0.1, -0.05) is 81.1 Å². The molecule has 3 heterocycles. The summed E-state index contributed by atoms with van der Waals surface area (Å²) in [7, 11) is 1.15. The van der Waals surface area contributed by atoms with Crippen molar-refractivity contribution >= 4 is 52.5 Å². The number of aromatic nitrogens is 3. The maximum atomic E-state index is 15.6. The van der Waals surface area contributed by atoms with Gasteiger partial charge in [0.25, 0.3) is 0 Å². The quantitative estimate of drug-likeness (QED) is 0.0214. The summed E-state index contributed by atoms with van der Waals surface area (Å²) in [6.07, 6.45) is -1.91. The number of nitrogens with zero attached hydrogens (tertiary/aromatic N) is 4. The van der Waals surface area contributed by atoms with Crippen molar-refractivity contribution in [3.05, 3.63) is 121 Å². The first-order chi connectivity index (χ1) is 36.4. The molecular weight excluding hydrogens is 989 g/mol. The highest BCUT2D eigenvalue weighted by molar-refractivity contribution is 6.02. The average Bonchev–Trinajstić information content (AvgIpc) is 4.11. The molecule has 2 fully saturated rings. The van der Waals surface area contributed by atoms with E-state index in [1.807, 2.05) is 67.6 Å². The number of esters is 4. The van der Waals surface area contributed by atoms with E-state index < -0.39 is 107 Å². The number of anilines is 1. The number of para-hydroxylation sites is 1. The Morgan fingerprint density at radius 1 is 0.753 bits per heavy atom. The number of fused-ring (bicyclic) bond motifs is 1. The molecule has 77 heavy (non-hydrogen) atoms. The Balaban J connectivity index is 1.33. The Hall–Kier alpha value is -7.44. The van der Waals surface area contributed by atoms with Gasteiger partial charge in [-0.2, -0.15) is 0 Å². The number of carbonyl (C=O) groups excluding carboxylic acids is 5. The van der Waals surface area contributed by atoms with E-state index in [-0.39, 0.29) is 55.1 Å². The third-order valence-corrected chi connectivity index (χ3v) is 15.6. The molecule has 9 unspecified atom stereocenters. The Kier molecular flexibility index (Phi) is 17.1. The lowest BCUT2D eigenvalue weighted by atomic mass is 9.58. The lowest BCUT2D eigenvalue weighted by Crippen LogP contribution is -2.49. The second-order valence-electron chi connectivity index (χ2n) is 22.1. The molecule has 0 spiro atoms. The number of hydrogen-bond donors (Lipinski definition) is 3. The predicted molar refractivity (Wildman–Crippen MR) is 283 cm³/mol. The molecule has 9 atom stereocenters. The van der Waals surface area contributed by atoms with E-state index in [1.165, 1.54) is 43.8 Å². The fraction of sp³-hybridized carbons (Fsp3) is 0.458. The van der Waals surface area contributed by atoms with Gasteiger partial charge in [0.05, 0.1) is 53.3 Å². The zero-order chi connectivity index (χ0) is 56.1. The van der Waals surface area contributed by atoms with E-state index in [2.05, 4.69) is 16.8 Å². The lowest BCUT2D eigenvalue weighted by molar-refractivity contribution is -0.171. The minimum atomic E-state index is -2.00. The fourth-order valence-corrected chi connectivity index (χ4v) is 11.6. The van der Waals surface area contributed by atoms with Gasteiger partial charge < -0.3 is 39.0 Å². The van der Waals surface area contributed by atoms with E-state index >= 15 is 9.59 Å². The van der Waals surface area contributed by atoms with Crippen LogP contribution in [0.1, 0.15) is 98.5 Å². The second kappa shape index (κ2) is 23.0. The zero-order valence-corrected chi connectivity index (χ0v) is 45.0. The molecule has 4 aromatic carbocycles. The van der Waals surface area contributed by atoms with Crippen LogP contribution in [0.25, 0.3) is 16.7 Å². The Bertz CT molecular complexity index is 2970. The minimum Gasteiger partial charge on any atom is -0.506 e. The summed E-state index contributed by atoms with van der Waals surface area (Å²) in [5.74, 6) is -7.24. The van der Waals surface area contributed by atoms with Gasteiger partial charge in [-0.15, -0.1) is 15.0 Å². The van der Waals surface area contributed by atoms with E-state index in [1.54, 1.807) is 49.9 Å². The van der Waals surface area contributed by atoms with Crippen LogP contribution in [-0.4, -0.2) is 106 Å². The molecule has 2 aliphatic heterocycles. The van der Waals surface area contributed by atoms with Crippen LogP contribution in [0.5, 0.6) is 11.5 Å². The van der Waals surface area contributed by atoms with Gasteiger partial charge in [-0.05, 0) is 121 Å². The maximum Gasteiger partial charge on any atom is 0.317 e. The number of phenols is 1. The standard InChI is InChI=1S/C59H70N4O14/c1-10-55(4,52(70)76-32-42-31-75-42)33-59(8,53(71)74-28-27-64)36-57(6,50(67)68)35-58(7,51(69)73-9)34-56(5,54(72)77-41-25-26-47(65)46(29-41)63-60-44-23-17-18-24-45(44)61-63)30-43(39-19-13-11-14-20-39)48-37(2)38(3)62(49(48)66)40-21-15-12-16-22-40/h11-26,29,37,42-43,48,64-65H,3,10,27-28,30-36H2,1-2,4-9H3,(H,67,68). The first-order valence-electron chi connectivity index (χ1n) is 25.8. The SMILES string of the molecule is C=C1C(C)C(C(CC(C)(CC(C)(CC(C)(CC(C)(CC(C)(CC)C(=O)OCC2CO2)C(=O)OCCO)C(=O)O)C(=O)OC)C(=O)Oc2ccc(O)c(-n3nc4ccccc4n3)c2)c2ccccc2)C(=O)N1c1ccccc1. The molecule has 18 heteroatoms. The normalized spacial score (nSPS) is 20.6. The number of amides is 1. The van der Waals surface area contributed by atoms with Gasteiger partial charge in [-0.25, -0.2) is 0 Å². The first-order valence-corrected chi connectivity index (χ1v) is 25.8. The van der Waals surface area contributed by atoms with Crippen molar-refractivity contribution in [3.63, 3.8) is 0 Å².